The summed E-state index contributed by atoms with van der Waals surface area (Å²) in [7, 11) is 1.81. The normalized spacial score (nSPS) is 11.2. The molecule has 0 aliphatic heterocycles. The van der Waals surface area contributed by atoms with Crippen molar-refractivity contribution < 1.29 is 13.9 Å². The van der Waals surface area contributed by atoms with Gasteiger partial charge in [-0.1, -0.05) is 13.0 Å². The average Bonchev–Trinajstić information content (AvgIpc) is 3.34. The number of aromatic amines is 1. The number of H-pyrrole nitrogens is 1. The Morgan fingerprint density at radius 2 is 1.97 bits per heavy atom. The zero-order valence-corrected chi connectivity index (χ0v) is 19.3. The molecule has 3 heterocycles. The third kappa shape index (κ3) is 3.90. The summed E-state index contributed by atoms with van der Waals surface area (Å²) in [5, 5.41) is 3.72. The standard InChI is InChI=1S/C26H22FN5O3/c1-4-15-5-7-20-18(11-15)23(33)22(14(2)32(20)3)25(34)31-16-6-8-21(19(27)12-16)35-26-17-9-10-28-24(17)29-13-30-26/h5-13H,4H2,1-3H3,(H,31,34)(H,28,29,30). The highest BCUT2D eigenvalue weighted by Gasteiger charge is 2.20. The molecule has 0 atom stereocenters. The molecule has 5 aromatic rings. The minimum atomic E-state index is -0.694. The van der Waals surface area contributed by atoms with E-state index < -0.39 is 11.7 Å². The highest BCUT2D eigenvalue weighted by Crippen LogP contribution is 2.29. The number of rotatable bonds is 5. The van der Waals surface area contributed by atoms with Crippen LogP contribution in [-0.4, -0.2) is 25.4 Å². The van der Waals surface area contributed by atoms with E-state index >= 15 is 0 Å². The van der Waals surface area contributed by atoms with E-state index in [0.29, 0.717) is 22.1 Å². The number of ether oxygens (including phenoxy) is 1. The summed E-state index contributed by atoms with van der Waals surface area (Å²) in [6.07, 6.45) is 3.77. The second kappa shape index (κ2) is 8.68. The maximum atomic E-state index is 14.8. The number of carbonyl (C=O) groups is 1. The second-order valence-electron chi connectivity index (χ2n) is 8.17. The van der Waals surface area contributed by atoms with Gasteiger partial charge in [-0.3, -0.25) is 9.59 Å². The fourth-order valence-electron chi connectivity index (χ4n) is 4.08. The molecule has 0 fully saturated rings. The lowest BCUT2D eigenvalue weighted by Gasteiger charge is -2.15. The number of aryl methyl sites for hydroxylation is 2. The fraction of sp³-hybridized carbons (Fsp3) is 0.154. The first-order valence-electron chi connectivity index (χ1n) is 11.1. The average molecular weight is 471 g/mol. The van der Waals surface area contributed by atoms with E-state index in [1.165, 1.54) is 18.5 Å². The van der Waals surface area contributed by atoms with Crippen molar-refractivity contribution in [1.29, 1.82) is 0 Å². The van der Waals surface area contributed by atoms with Crippen molar-refractivity contribution in [2.75, 3.05) is 5.32 Å². The molecule has 0 aliphatic rings. The van der Waals surface area contributed by atoms with Gasteiger partial charge in [0, 0.05) is 36.1 Å². The van der Waals surface area contributed by atoms with Crippen LogP contribution in [-0.2, 0) is 13.5 Å². The molecule has 5 rings (SSSR count). The molecule has 176 valence electrons. The molecule has 0 saturated carbocycles. The molecule has 0 bridgehead atoms. The Bertz CT molecular complexity index is 1670. The van der Waals surface area contributed by atoms with Crippen molar-refractivity contribution in [3.8, 4) is 11.6 Å². The van der Waals surface area contributed by atoms with Crippen LogP contribution in [0.1, 0.15) is 28.5 Å². The van der Waals surface area contributed by atoms with Gasteiger partial charge in [0.1, 0.15) is 17.5 Å². The van der Waals surface area contributed by atoms with E-state index in [4.69, 9.17) is 4.74 Å². The van der Waals surface area contributed by atoms with Crippen LogP contribution in [0.25, 0.3) is 21.9 Å². The molecule has 9 heteroatoms. The van der Waals surface area contributed by atoms with Gasteiger partial charge in [0.05, 0.1) is 10.9 Å². The number of nitrogens with zero attached hydrogens (tertiary/aromatic N) is 3. The third-order valence-electron chi connectivity index (χ3n) is 6.11. The number of anilines is 1. The van der Waals surface area contributed by atoms with Gasteiger partial charge in [-0.15, -0.1) is 0 Å². The number of carbonyl (C=O) groups excluding carboxylic acids is 1. The molecule has 2 aromatic carbocycles. The van der Waals surface area contributed by atoms with Crippen molar-refractivity contribution in [3.05, 3.63) is 87.9 Å². The molecular formula is C26H22FN5O3. The Morgan fingerprint density at radius 1 is 1.14 bits per heavy atom. The molecule has 35 heavy (non-hydrogen) atoms. The first-order chi connectivity index (χ1) is 16.9. The van der Waals surface area contributed by atoms with Gasteiger partial charge < -0.3 is 19.6 Å². The Kier molecular flexibility index (Phi) is 5.52. The zero-order valence-electron chi connectivity index (χ0n) is 19.3. The van der Waals surface area contributed by atoms with Crippen molar-refractivity contribution >= 4 is 33.5 Å². The lowest BCUT2D eigenvalue weighted by atomic mass is 10.0. The van der Waals surface area contributed by atoms with Crippen LogP contribution in [0.15, 0.2) is 59.8 Å². The van der Waals surface area contributed by atoms with Crippen LogP contribution in [0.2, 0.25) is 0 Å². The molecule has 0 aliphatic carbocycles. The summed E-state index contributed by atoms with van der Waals surface area (Å²) in [5.41, 5.74) is 2.69. The summed E-state index contributed by atoms with van der Waals surface area (Å²) in [6, 6.07) is 11.4. The van der Waals surface area contributed by atoms with Gasteiger partial charge >= 0.3 is 0 Å². The number of fused-ring (bicyclic) bond motifs is 2. The van der Waals surface area contributed by atoms with Gasteiger partial charge in [-0.05, 0) is 49.2 Å². The van der Waals surface area contributed by atoms with E-state index in [1.54, 1.807) is 26.2 Å². The molecule has 0 saturated heterocycles. The number of hydrogen-bond donors (Lipinski definition) is 2. The lowest BCUT2D eigenvalue weighted by Crippen LogP contribution is -2.26. The van der Waals surface area contributed by atoms with Crippen LogP contribution >= 0.6 is 0 Å². The smallest absolute Gasteiger partial charge is 0.261 e. The number of benzene rings is 2. The van der Waals surface area contributed by atoms with Gasteiger partial charge in [-0.2, -0.15) is 0 Å². The molecule has 2 N–H and O–H groups in total. The first kappa shape index (κ1) is 22.3. The molecule has 0 radical (unpaired) electrons. The Morgan fingerprint density at radius 3 is 2.74 bits per heavy atom. The third-order valence-corrected chi connectivity index (χ3v) is 6.11. The van der Waals surface area contributed by atoms with Crippen LogP contribution in [0.5, 0.6) is 11.6 Å². The molecular weight excluding hydrogens is 449 g/mol. The number of pyridine rings is 1. The van der Waals surface area contributed by atoms with Crippen molar-refractivity contribution in [2.45, 2.75) is 20.3 Å². The quantitative estimate of drug-likeness (QED) is 0.381. The summed E-state index contributed by atoms with van der Waals surface area (Å²) < 4.78 is 22.3. The number of halogens is 1. The molecule has 3 aromatic heterocycles. The fourth-order valence-corrected chi connectivity index (χ4v) is 4.08. The monoisotopic (exact) mass is 471 g/mol. The van der Waals surface area contributed by atoms with Gasteiger partial charge in [0.2, 0.25) is 11.3 Å². The summed E-state index contributed by atoms with van der Waals surface area (Å²) in [4.78, 5) is 37.4. The maximum absolute atomic E-state index is 14.8. The topological polar surface area (TPSA) is 102 Å². The number of aromatic nitrogens is 4. The van der Waals surface area contributed by atoms with E-state index in [-0.39, 0.29) is 28.3 Å². The van der Waals surface area contributed by atoms with Crippen LogP contribution in [0.4, 0.5) is 10.1 Å². The molecule has 0 spiro atoms. The number of nitrogens with one attached hydrogen (secondary N) is 2. The Balaban J connectivity index is 1.45. The van der Waals surface area contributed by atoms with Gasteiger partial charge in [0.25, 0.3) is 5.91 Å². The van der Waals surface area contributed by atoms with E-state index in [0.717, 1.165) is 23.6 Å². The van der Waals surface area contributed by atoms with Crippen LogP contribution in [0.3, 0.4) is 0 Å². The zero-order chi connectivity index (χ0) is 24.7. The van der Waals surface area contributed by atoms with Crippen molar-refractivity contribution in [2.24, 2.45) is 7.05 Å². The highest BCUT2D eigenvalue weighted by molar-refractivity contribution is 6.06. The second-order valence-corrected chi connectivity index (χ2v) is 8.17. The summed E-state index contributed by atoms with van der Waals surface area (Å²) >= 11 is 0. The Hall–Kier alpha value is -4.53. The minimum absolute atomic E-state index is 0.0184. The number of hydrogen-bond acceptors (Lipinski definition) is 5. The first-order valence-corrected chi connectivity index (χ1v) is 11.1. The van der Waals surface area contributed by atoms with E-state index in [2.05, 4.69) is 20.3 Å². The maximum Gasteiger partial charge on any atom is 0.261 e. The summed E-state index contributed by atoms with van der Waals surface area (Å²) in [5.74, 6) is -1.16. The van der Waals surface area contributed by atoms with E-state index in [1.807, 2.05) is 29.7 Å². The van der Waals surface area contributed by atoms with E-state index in [9.17, 15) is 14.0 Å². The largest absolute Gasteiger partial charge is 0.435 e. The predicted octanol–water partition coefficient (Wildman–Crippen LogP) is 4.86. The van der Waals surface area contributed by atoms with Crippen molar-refractivity contribution in [3.63, 3.8) is 0 Å². The Labute approximate surface area is 199 Å². The van der Waals surface area contributed by atoms with Crippen LogP contribution in [0, 0.1) is 12.7 Å². The molecule has 1 amide bonds. The SMILES string of the molecule is CCc1ccc2c(c1)c(=O)c(C(=O)Nc1ccc(Oc3ncnc4[nH]ccc34)c(F)c1)c(C)n2C. The summed E-state index contributed by atoms with van der Waals surface area (Å²) in [6.45, 7) is 3.71. The molecule has 8 nitrogen and oxygen atoms in total. The predicted molar refractivity (Wildman–Crippen MR) is 132 cm³/mol. The van der Waals surface area contributed by atoms with Gasteiger partial charge in [0.15, 0.2) is 11.6 Å². The van der Waals surface area contributed by atoms with Crippen molar-refractivity contribution in [1.82, 2.24) is 19.5 Å². The lowest BCUT2D eigenvalue weighted by molar-refractivity contribution is 0.102. The minimum Gasteiger partial charge on any atom is -0.435 e. The highest BCUT2D eigenvalue weighted by atomic mass is 19.1. The number of amides is 1. The van der Waals surface area contributed by atoms with Crippen LogP contribution < -0.4 is 15.5 Å². The molecule has 0 unspecified atom stereocenters. The van der Waals surface area contributed by atoms with Gasteiger partial charge in [-0.25, -0.2) is 14.4 Å².